The lowest BCUT2D eigenvalue weighted by Gasteiger charge is -2.36. The van der Waals surface area contributed by atoms with Crippen LogP contribution in [-0.2, 0) is 19.6 Å². The standard InChI is InChI=1S/C19H24F2N4O5S/c1-3-30-18(26)17-12(2)22-19(27)23-16(17)11-24-6-8-25(9-7-24)31(28,29)13-4-5-14(20)15(21)10-13/h4-5,10,12H,3,6-9,11H2,1-2H3,(H2,22,23,27). The molecule has 1 aromatic carbocycles. The monoisotopic (exact) mass is 458 g/mol. The topological polar surface area (TPSA) is 108 Å². The van der Waals surface area contributed by atoms with Gasteiger partial charge in [-0.1, -0.05) is 0 Å². The molecule has 1 atom stereocenters. The summed E-state index contributed by atoms with van der Waals surface area (Å²) < 4.78 is 58.3. The number of nitrogens with one attached hydrogen (secondary N) is 2. The second-order valence-electron chi connectivity index (χ2n) is 7.19. The van der Waals surface area contributed by atoms with Gasteiger partial charge in [-0.25, -0.2) is 26.8 Å². The fourth-order valence-electron chi connectivity index (χ4n) is 3.54. The minimum atomic E-state index is -3.97. The summed E-state index contributed by atoms with van der Waals surface area (Å²) in [5, 5.41) is 5.26. The summed E-state index contributed by atoms with van der Waals surface area (Å²) in [7, 11) is -3.97. The molecule has 0 aromatic heterocycles. The van der Waals surface area contributed by atoms with E-state index >= 15 is 0 Å². The van der Waals surface area contributed by atoms with Crippen molar-refractivity contribution < 1.29 is 31.5 Å². The van der Waals surface area contributed by atoms with Crippen molar-refractivity contribution in [3.8, 4) is 0 Å². The van der Waals surface area contributed by atoms with Crippen LogP contribution in [0.25, 0.3) is 0 Å². The number of halogens is 2. The van der Waals surface area contributed by atoms with Gasteiger partial charge in [0.25, 0.3) is 0 Å². The smallest absolute Gasteiger partial charge is 0.337 e. The van der Waals surface area contributed by atoms with E-state index in [1.165, 1.54) is 4.31 Å². The van der Waals surface area contributed by atoms with Crippen molar-refractivity contribution in [1.29, 1.82) is 0 Å². The van der Waals surface area contributed by atoms with Crippen LogP contribution in [0, 0.1) is 11.6 Å². The first-order chi connectivity index (χ1) is 14.6. The van der Waals surface area contributed by atoms with Gasteiger partial charge >= 0.3 is 12.0 Å². The Morgan fingerprint density at radius 2 is 1.87 bits per heavy atom. The Labute approximate surface area is 179 Å². The number of esters is 1. The highest BCUT2D eigenvalue weighted by Crippen LogP contribution is 2.21. The van der Waals surface area contributed by atoms with Crippen molar-refractivity contribution in [1.82, 2.24) is 19.8 Å². The fraction of sp³-hybridized carbons (Fsp3) is 0.474. The lowest BCUT2D eigenvalue weighted by molar-refractivity contribution is -0.139. The zero-order chi connectivity index (χ0) is 22.8. The van der Waals surface area contributed by atoms with E-state index in [2.05, 4.69) is 10.6 Å². The Bertz CT molecular complexity index is 1010. The maximum Gasteiger partial charge on any atom is 0.337 e. The molecule has 1 unspecified atom stereocenters. The van der Waals surface area contributed by atoms with Crippen LogP contribution in [0.3, 0.4) is 0 Å². The second kappa shape index (κ2) is 9.28. The molecule has 0 saturated carbocycles. The first-order valence-electron chi connectivity index (χ1n) is 9.78. The molecule has 2 amide bonds. The van der Waals surface area contributed by atoms with Gasteiger partial charge in [0, 0.05) is 38.4 Å². The van der Waals surface area contributed by atoms with Gasteiger partial charge in [-0.3, -0.25) is 4.90 Å². The molecule has 0 spiro atoms. The van der Waals surface area contributed by atoms with Gasteiger partial charge in [0.1, 0.15) is 0 Å². The summed E-state index contributed by atoms with van der Waals surface area (Å²) in [6.45, 7) is 4.65. The van der Waals surface area contributed by atoms with Crippen LogP contribution in [-0.4, -0.2) is 75.0 Å². The molecule has 12 heteroatoms. The summed E-state index contributed by atoms with van der Waals surface area (Å²) >= 11 is 0. The zero-order valence-electron chi connectivity index (χ0n) is 17.2. The predicted molar refractivity (Wildman–Crippen MR) is 106 cm³/mol. The molecule has 1 saturated heterocycles. The Kier molecular flexibility index (Phi) is 6.92. The molecule has 9 nitrogen and oxygen atoms in total. The molecule has 2 N–H and O–H groups in total. The highest BCUT2D eigenvalue weighted by molar-refractivity contribution is 7.89. The number of piperazine rings is 1. The van der Waals surface area contributed by atoms with E-state index in [0.717, 1.165) is 12.1 Å². The van der Waals surface area contributed by atoms with Gasteiger partial charge in [0.05, 0.1) is 23.1 Å². The summed E-state index contributed by atoms with van der Waals surface area (Å²) in [4.78, 5) is 25.8. The normalized spacial score (nSPS) is 20.9. The van der Waals surface area contributed by atoms with Crippen LogP contribution in [0.5, 0.6) is 0 Å². The highest BCUT2D eigenvalue weighted by Gasteiger charge is 2.33. The van der Waals surface area contributed by atoms with Crippen molar-refractivity contribution in [2.24, 2.45) is 0 Å². The minimum Gasteiger partial charge on any atom is -0.463 e. The molecule has 0 aliphatic carbocycles. The van der Waals surface area contributed by atoms with E-state index in [0.29, 0.717) is 30.4 Å². The number of benzene rings is 1. The maximum atomic E-state index is 13.5. The second-order valence-corrected chi connectivity index (χ2v) is 9.13. The van der Waals surface area contributed by atoms with Gasteiger partial charge in [-0.2, -0.15) is 4.31 Å². The molecule has 1 aromatic rings. The molecule has 170 valence electrons. The summed E-state index contributed by atoms with van der Waals surface area (Å²) in [5.41, 5.74) is 0.727. The number of ether oxygens (including phenoxy) is 1. The Balaban J connectivity index is 1.71. The molecular weight excluding hydrogens is 434 g/mol. The largest absolute Gasteiger partial charge is 0.463 e. The van der Waals surface area contributed by atoms with Crippen molar-refractivity contribution in [3.05, 3.63) is 41.1 Å². The SMILES string of the molecule is CCOC(=O)C1=C(CN2CCN(S(=O)(=O)c3ccc(F)c(F)c3)CC2)NC(=O)NC1C. The van der Waals surface area contributed by atoms with Gasteiger partial charge in [-0.05, 0) is 32.0 Å². The molecular formula is C19H24F2N4O5S. The summed E-state index contributed by atoms with van der Waals surface area (Å²) in [6, 6.07) is 1.51. The van der Waals surface area contributed by atoms with Gasteiger partial charge in [0.15, 0.2) is 11.6 Å². The Hall–Kier alpha value is -2.57. The predicted octanol–water partition coefficient (Wildman–Crippen LogP) is 0.790. The third-order valence-electron chi connectivity index (χ3n) is 5.11. The molecule has 0 radical (unpaired) electrons. The maximum absolute atomic E-state index is 13.5. The first kappa shape index (κ1) is 23.1. The van der Waals surface area contributed by atoms with Gasteiger partial charge in [0.2, 0.25) is 10.0 Å². The minimum absolute atomic E-state index is 0.116. The number of amides is 2. The van der Waals surface area contributed by atoms with E-state index in [4.69, 9.17) is 4.74 Å². The number of urea groups is 1. The van der Waals surface area contributed by atoms with Crippen LogP contribution in [0.4, 0.5) is 13.6 Å². The van der Waals surface area contributed by atoms with E-state index in [1.54, 1.807) is 13.8 Å². The van der Waals surface area contributed by atoms with Crippen molar-refractivity contribution in [3.63, 3.8) is 0 Å². The van der Waals surface area contributed by atoms with Crippen molar-refractivity contribution in [2.75, 3.05) is 39.3 Å². The lowest BCUT2D eigenvalue weighted by Crippen LogP contribution is -2.54. The molecule has 31 heavy (non-hydrogen) atoms. The Morgan fingerprint density at radius 3 is 2.48 bits per heavy atom. The van der Waals surface area contributed by atoms with Gasteiger partial charge < -0.3 is 15.4 Å². The van der Waals surface area contributed by atoms with Crippen molar-refractivity contribution in [2.45, 2.75) is 24.8 Å². The number of hydrogen-bond acceptors (Lipinski definition) is 6. The van der Waals surface area contributed by atoms with Gasteiger partial charge in [-0.15, -0.1) is 0 Å². The molecule has 2 aliphatic rings. The zero-order valence-corrected chi connectivity index (χ0v) is 18.0. The average molecular weight is 458 g/mol. The number of hydrogen-bond donors (Lipinski definition) is 2. The summed E-state index contributed by atoms with van der Waals surface area (Å²) in [5.74, 6) is -2.88. The number of carbonyl (C=O) groups excluding carboxylic acids is 2. The third kappa shape index (κ3) is 5.02. The van der Waals surface area contributed by atoms with E-state index < -0.39 is 39.7 Å². The number of carbonyl (C=O) groups is 2. The van der Waals surface area contributed by atoms with E-state index in [9.17, 15) is 26.8 Å². The molecule has 3 rings (SSSR count). The quantitative estimate of drug-likeness (QED) is 0.611. The number of rotatable bonds is 6. The fourth-order valence-corrected chi connectivity index (χ4v) is 4.98. The number of nitrogens with zero attached hydrogens (tertiary/aromatic N) is 2. The third-order valence-corrected chi connectivity index (χ3v) is 7.00. The lowest BCUT2D eigenvalue weighted by atomic mass is 10.0. The number of sulfonamides is 1. The van der Waals surface area contributed by atoms with Crippen LogP contribution in [0.15, 0.2) is 34.4 Å². The van der Waals surface area contributed by atoms with Crippen LogP contribution in [0.1, 0.15) is 13.8 Å². The highest BCUT2D eigenvalue weighted by atomic mass is 32.2. The molecule has 2 heterocycles. The average Bonchev–Trinajstić information content (AvgIpc) is 2.70. The molecule has 1 fully saturated rings. The van der Waals surface area contributed by atoms with Crippen LogP contribution in [0.2, 0.25) is 0 Å². The van der Waals surface area contributed by atoms with Crippen molar-refractivity contribution >= 4 is 22.0 Å². The Morgan fingerprint density at radius 1 is 1.19 bits per heavy atom. The molecule has 0 bridgehead atoms. The van der Waals surface area contributed by atoms with Crippen LogP contribution >= 0.6 is 0 Å². The molecule has 2 aliphatic heterocycles. The van der Waals surface area contributed by atoms with Crippen LogP contribution < -0.4 is 10.6 Å². The summed E-state index contributed by atoms with van der Waals surface area (Å²) in [6.07, 6.45) is 0. The van der Waals surface area contributed by atoms with E-state index in [-0.39, 0.29) is 31.1 Å². The first-order valence-corrected chi connectivity index (χ1v) is 11.2. The van der Waals surface area contributed by atoms with E-state index in [1.807, 2.05) is 4.90 Å².